The Bertz CT molecular complexity index is 790. The van der Waals surface area contributed by atoms with Gasteiger partial charge in [-0.3, -0.25) is 4.99 Å². The van der Waals surface area contributed by atoms with E-state index in [9.17, 15) is 0 Å². The monoisotopic (exact) mass is 522 g/mol. The third-order valence-electron chi connectivity index (χ3n) is 5.66. The summed E-state index contributed by atoms with van der Waals surface area (Å²) >= 11 is 1.86. The first-order valence-electron chi connectivity index (χ1n) is 11.0. The fourth-order valence-corrected chi connectivity index (χ4v) is 5.14. The molecule has 2 aliphatic rings. The van der Waals surface area contributed by atoms with Gasteiger partial charge in [0.25, 0.3) is 0 Å². The Balaban J connectivity index is 0.000000970. The highest BCUT2D eigenvalue weighted by Crippen LogP contribution is 2.41. The summed E-state index contributed by atoms with van der Waals surface area (Å²) in [5, 5.41) is 0. The van der Waals surface area contributed by atoms with Gasteiger partial charge >= 0.3 is 0 Å². The predicted molar refractivity (Wildman–Crippen MR) is 139 cm³/mol. The normalized spacial score (nSPS) is 19.0. The van der Waals surface area contributed by atoms with Crippen LogP contribution in [0.3, 0.4) is 0 Å². The zero-order valence-corrected chi connectivity index (χ0v) is 21.2. The molecule has 4 heteroatoms. The number of hydrogen-bond acceptors (Lipinski definition) is 3. The molecule has 2 nitrogen and oxygen atoms in total. The predicted octanol–water partition coefficient (Wildman–Crippen LogP) is 7.82. The fraction of sp³-hybridized carbons (Fsp3) is 0.480. The molecule has 1 unspecified atom stereocenters. The molecule has 2 aliphatic heterocycles. The third kappa shape index (κ3) is 6.56. The van der Waals surface area contributed by atoms with Crippen molar-refractivity contribution in [2.24, 2.45) is 10.9 Å². The van der Waals surface area contributed by atoms with E-state index in [1.807, 2.05) is 25.6 Å². The molecular formula is C25H35IN2S. The first kappa shape index (κ1) is 24.4. The minimum atomic E-state index is 0. The molecule has 0 aromatic heterocycles. The molecule has 2 aromatic rings. The second kappa shape index (κ2) is 12.8. The zero-order chi connectivity index (χ0) is 19.8. The van der Waals surface area contributed by atoms with E-state index in [1.54, 1.807) is 0 Å². The number of nitrogens with zero attached hydrogens (tertiary/aromatic N) is 2. The average molecular weight is 523 g/mol. The molecule has 0 bridgehead atoms. The van der Waals surface area contributed by atoms with Gasteiger partial charge in [0.1, 0.15) is 0 Å². The third-order valence-corrected chi connectivity index (χ3v) is 6.80. The molecule has 1 fully saturated rings. The van der Waals surface area contributed by atoms with Crippen LogP contribution < -0.4 is 0 Å². The van der Waals surface area contributed by atoms with Gasteiger partial charge in [0.05, 0.1) is 5.69 Å². The molecule has 29 heavy (non-hydrogen) atoms. The van der Waals surface area contributed by atoms with Crippen molar-refractivity contribution >= 4 is 47.1 Å². The number of aliphatic imine (C=N–C) groups is 1. The van der Waals surface area contributed by atoms with Gasteiger partial charge in [0.2, 0.25) is 0 Å². The van der Waals surface area contributed by atoms with Crippen LogP contribution in [0.1, 0.15) is 58.4 Å². The number of para-hydroxylation sites is 1. The molecular weight excluding hydrogens is 487 g/mol. The van der Waals surface area contributed by atoms with Crippen LogP contribution in [-0.4, -0.2) is 30.2 Å². The number of rotatable bonds is 3. The highest BCUT2D eigenvalue weighted by Gasteiger charge is 2.21. The van der Waals surface area contributed by atoms with E-state index in [0.717, 1.165) is 18.0 Å². The highest BCUT2D eigenvalue weighted by atomic mass is 127. The van der Waals surface area contributed by atoms with Crippen LogP contribution in [-0.2, 0) is 0 Å². The summed E-state index contributed by atoms with van der Waals surface area (Å²) < 4.78 is 0. The van der Waals surface area contributed by atoms with Crippen LogP contribution in [0.2, 0.25) is 0 Å². The van der Waals surface area contributed by atoms with Gasteiger partial charge in [-0.2, -0.15) is 0 Å². The number of benzene rings is 2. The molecule has 158 valence electrons. The standard InChI is InChI=1S/C23H28N2S.C2H6.HI/c1-2-25-15-8-7-9-18(14-16-25)17-21-19-10-3-5-12-22(19)26-23-13-6-4-11-20(23)24-21;1-2;/h3-6,10-13,18H,2,7-9,14-17H2,1H3;1-2H3;1H. The summed E-state index contributed by atoms with van der Waals surface area (Å²) in [4.78, 5) is 10.4. The van der Waals surface area contributed by atoms with Crippen molar-refractivity contribution in [2.45, 2.75) is 62.7 Å². The molecule has 4 rings (SSSR count). The summed E-state index contributed by atoms with van der Waals surface area (Å²) in [6.07, 6.45) is 6.42. The van der Waals surface area contributed by atoms with E-state index in [2.05, 4.69) is 60.4 Å². The van der Waals surface area contributed by atoms with E-state index in [4.69, 9.17) is 4.99 Å². The van der Waals surface area contributed by atoms with Crippen molar-refractivity contribution in [2.75, 3.05) is 19.6 Å². The van der Waals surface area contributed by atoms with Gasteiger partial charge in [0.15, 0.2) is 0 Å². The van der Waals surface area contributed by atoms with Gasteiger partial charge in [0, 0.05) is 21.1 Å². The van der Waals surface area contributed by atoms with Gasteiger partial charge in [-0.15, -0.1) is 24.0 Å². The zero-order valence-electron chi connectivity index (χ0n) is 18.1. The molecule has 2 heterocycles. The Morgan fingerprint density at radius 1 is 0.931 bits per heavy atom. The lowest BCUT2D eigenvalue weighted by molar-refractivity contribution is 0.231. The Morgan fingerprint density at radius 2 is 1.66 bits per heavy atom. The number of halogens is 1. The fourth-order valence-electron chi connectivity index (χ4n) is 4.09. The second-order valence-electron chi connectivity index (χ2n) is 7.41. The summed E-state index contributed by atoms with van der Waals surface area (Å²) in [6.45, 7) is 9.98. The molecule has 0 saturated carbocycles. The smallest absolute Gasteiger partial charge is 0.0772 e. The number of fused-ring (bicyclic) bond motifs is 2. The van der Waals surface area contributed by atoms with Crippen molar-refractivity contribution in [3.8, 4) is 0 Å². The van der Waals surface area contributed by atoms with Crippen LogP contribution >= 0.6 is 35.7 Å². The van der Waals surface area contributed by atoms with Crippen molar-refractivity contribution in [3.05, 3.63) is 54.1 Å². The van der Waals surface area contributed by atoms with Crippen LogP contribution in [0.15, 0.2) is 63.3 Å². The van der Waals surface area contributed by atoms with Gasteiger partial charge in [-0.05, 0) is 69.4 Å². The van der Waals surface area contributed by atoms with Gasteiger partial charge in [-0.1, -0.05) is 69.3 Å². The van der Waals surface area contributed by atoms with Crippen LogP contribution in [0, 0.1) is 5.92 Å². The minimum absolute atomic E-state index is 0. The Kier molecular flexibility index (Phi) is 10.7. The van der Waals surface area contributed by atoms with E-state index >= 15 is 0 Å². The maximum atomic E-state index is 5.15. The first-order chi connectivity index (χ1) is 13.8. The van der Waals surface area contributed by atoms with E-state index < -0.39 is 0 Å². The maximum Gasteiger partial charge on any atom is 0.0772 e. The van der Waals surface area contributed by atoms with Gasteiger partial charge < -0.3 is 4.90 Å². The maximum absolute atomic E-state index is 5.15. The summed E-state index contributed by atoms with van der Waals surface area (Å²) in [5.41, 5.74) is 3.75. The van der Waals surface area contributed by atoms with Crippen LogP contribution in [0.5, 0.6) is 0 Å². The van der Waals surface area contributed by atoms with Crippen molar-refractivity contribution in [3.63, 3.8) is 0 Å². The minimum Gasteiger partial charge on any atom is -0.304 e. The van der Waals surface area contributed by atoms with E-state index in [1.165, 1.54) is 66.4 Å². The van der Waals surface area contributed by atoms with Gasteiger partial charge in [-0.25, -0.2) is 0 Å². The Hall–Kier alpha value is -0.850. The molecule has 0 radical (unpaired) electrons. The van der Waals surface area contributed by atoms with Crippen LogP contribution in [0.4, 0.5) is 5.69 Å². The summed E-state index contributed by atoms with van der Waals surface area (Å²) in [5.74, 6) is 0.742. The topological polar surface area (TPSA) is 15.6 Å². The van der Waals surface area contributed by atoms with Crippen molar-refractivity contribution in [1.82, 2.24) is 4.90 Å². The molecule has 2 aromatic carbocycles. The molecule has 1 atom stereocenters. The largest absolute Gasteiger partial charge is 0.304 e. The molecule has 0 N–H and O–H groups in total. The summed E-state index contributed by atoms with van der Waals surface area (Å²) in [6, 6.07) is 17.4. The number of hydrogen-bond donors (Lipinski definition) is 0. The summed E-state index contributed by atoms with van der Waals surface area (Å²) in [7, 11) is 0. The molecule has 1 saturated heterocycles. The first-order valence-corrected chi connectivity index (χ1v) is 11.8. The second-order valence-corrected chi connectivity index (χ2v) is 8.50. The van der Waals surface area contributed by atoms with Crippen molar-refractivity contribution < 1.29 is 0 Å². The van der Waals surface area contributed by atoms with Crippen LogP contribution in [0.25, 0.3) is 0 Å². The molecule has 0 aliphatic carbocycles. The lowest BCUT2D eigenvalue weighted by Crippen LogP contribution is -2.29. The molecule has 0 amide bonds. The SMILES string of the molecule is CC.CCN1CCCCC(CC2=Nc3ccccc3Sc3ccccc32)CC1.I. The Labute approximate surface area is 198 Å². The quantitative estimate of drug-likeness (QED) is 0.382. The Morgan fingerprint density at radius 3 is 2.45 bits per heavy atom. The lowest BCUT2D eigenvalue weighted by Gasteiger charge is -2.27. The highest BCUT2D eigenvalue weighted by molar-refractivity contribution is 14.0. The van der Waals surface area contributed by atoms with Crippen molar-refractivity contribution in [1.29, 1.82) is 0 Å². The lowest BCUT2D eigenvalue weighted by atomic mass is 9.89. The average Bonchev–Trinajstić information content (AvgIpc) is 2.88. The van der Waals surface area contributed by atoms with E-state index in [-0.39, 0.29) is 24.0 Å². The molecule has 0 spiro atoms. The number of likely N-dealkylation sites (tertiary alicyclic amines) is 1. The van der Waals surface area contributed by atoms with E-state index in [0.29, 0.717) is 0 Å².